The van der Waals surface area contributed by atoms with Crippen molar-refractivity contribution < 1.29 is 0 Å². The monoisotopic (exact) mass is 181 g/mol. The van der Waals surface area contributed by atoms with Crippen molar-refractivity contribution in [2.75, 3.05) is 7.05 Å². The molecule has 0 heterocycles. The summed E-state index contributed by atoms with van der Waals surface area (Å²) in [7, 11) is 2.10. The van der Waals surface area contributed by atoms with Crippen LogP contribution >= 0.6 is 0 Å². The topological polar surface area (TPSA) is 12.0 Å². The van der Waals surface area contributed by atoms with Crippen molar-refractivity contribution in [2.24, 2.45) is 5.92 Å². The summed E-state index contributed by atoms with van der Waals surface area (Å²) in [5.74, 6) is 0.935. The molecule has 1 unspecified atom stereocenters. The second-order valence-corrected chi connectivity index (χ2v) is 4.44. The van der Waals surface area contributed by atoms with Crippen LogP contribution in [-0.2, 0) is 0 Å². The maximum atomic E-state index is 3.96. The quantitative estimate of drug-likeness (QED) is 0.643. The van der Waals surface area contributed by atoms with E-state index >= 15 is 0 Å². The van der Waals surface area contributed by atoms with Crippen LogP contribution < -0.4 is 5.32 Å². The van der Waals surface area contributed by atoms with Crippen LogP contribution in [-0.4, -0.2) is 13.1 Å². The van der Waals surface area contributed by atoms with E-state index in [4.69, 9.17) is 0 Å². The average molecular weight is 181 g/mol. The summed E-state index contributed by atoms with van der Waals surface area (Å²) in [5, 5.41) is 3.46. The molecule has 1 atom stereocenters. The van der Waals surface area contributed by atoms with Gasteiger partial charge in [0.05, 0.1) is 0 Å². The van der Waals surface area contributed by atoms with Gasteiger partial charge in [0.25, 0.3) is 0 Å². The number of rotatable bonds is 5. The van der Waals surface area contributed by atoms with Crippen LogP contribution in [0.15, 0.2) is 12.2 Å². The number of hydrogen-bond acceptors (Lipinski definition) is 1. The van der Waals surface area contributed by atoms with E-state index < -0.39 is 0 Å². The highest BCUT2D eigenvalue weighted by Gasteiger charge is 2.22. The van der Waals surface area contributed by atoms with Crippen LogP contribution in [0.1, 0.15) is 45.4 Å². The third-order valence-electron chi connectivity index (χ3n) is 3.22. The van der Waals surface area contributed by atoms with E-state index in [0.717, 1.165) is 12.0 Å². The van der Waals surface area contributed by atoms with E-state index in [0.29, 0.717) is 0 Å². The van der Waals surface area contributed by atoms with Gasteiger partial charge in [-0.25, -0.2) is 0 Å². The summed E-state index contributed by atoms with van der Waals surface area (Å²) in [6.07, 6.45) is 8.20. The molecule has 1 heteroatoms. The van der Waals surface area contributed by atoms with Gasteiger partial charge in [0.2, 0.25) is 0 Å². The number of hydrogen-bond donors (Lipinski definition) is 1. The molecule has 0 aliphatic heterocycles. The van der Waals surface area contributed by atoms with E-state index in [1.165, 1.54) is 44.1 Å². The fourth-order valence-corrected chi connectivity index (χ4v) is 2.38. The number of allylic oxidation sites excluding steroid dienone is 1. The van der Waals surface area contributed by atoms with Gasteiger partial charge in [0, 0.05) is 6.04 Å². The van der Waals surface area contributed by atoms with Crippen molar-refractivity contribution in [2.45, 2.75) is 51.5 Å². The van der Waals surface area contributed by atoms with Crippen LogP contribution in [0, 0.1) is 5.92 Å². The van der Waals surface area contributed by atoms with Crippen molar-refractivity contribution in [3.05, 3.63) is 12.2 Å². The Balaban J connectivity index is 2.28. The van der Waals surface area contributed by atoms with Gasteiger partial charge >= 0.3 is 0 Å². The van der Waals surface area contributed by atoms with E-state index in [-0.39, 0.29) is 0 Å². The van der Waals surface area contributed by atoms with Crippen molar-refractivity contribution in [3.63, 3.8) is 0 Å². The smallest absolute Gasteiger partial charge is 0.00953 e. The normalized spacial score (nSPS) is 20.5. The summed E-state index contributed by atoms with van der Waals surface area (Å²) in [5.41, 5.74) is 1.32. The molecule has 1 aliphatic rings. The fourth-order valence-electron chi connectivity index (χ4n) is 2.38. The highest BCUT2D eigenvalue weighted by atomic mass is 14.9. The minimum Gasteiger partial charge on any atom is -0.317 e. The highest BCUT2D eigenvalue weighted by molar-refractivity contribution is 4.91. The lowest BCUT2D eigenvalue weighted by atomic mass is 9.93. The van der Waals surface area contributed by atoms with Gasteiger partial charge in [-0.15, -0.1) is 6.58 Å². The first-order chi connectivity index (χ1) is 6.24. The van der Waals surface area contributed by atoms with Gasteiger partial charge in [-0.05, 0) is 45.6 Å². The molecule has 0 aromatic rings. The van der Waals surface area contributed by atoms with Gasteiger partial charge in [-0.1, -0.05) is 18.4 Å². The molecule has 0 aromatic carbocycles. The molecule has 0 spiro atoms. The molecule has 13 heavy (non-hydrogen) atoms. The minimum absolute atomic E-state index is 0.735. The van der Waals surface area contributed by atoms with Crippen molar-refractivity contribution in [1.82, 2.24) is 5.32 Å². The average Bonchev–Trinajstić information content (AvgIpc) is 2.58. The molecule has 76 valence electrons. The minimum atomic E-state index is 0.735. The van der Waals surface area contributed by atoms with Gasteiger partial charge in [0.1, 0.15) is 0 Å². The molecule has 1 N–H and O–H groups in total. The zero-order valence-electron chi connectivity index (χ0n) is 9.10. The highest BCUT2D eigenvalue weighted by Crippen LogP contribution is 2.29. The Hall–Kier alpha value is -0.300. The molecule has 0 amide bonds. The van der Waals surface area contributed by atoms with Crippen molar-refractivity contribution in [3.8, 4) is 0 Å². The maximum absolute atomic E-state index is 3.96. The Labute approximate surface area is 82.6 Å². The molecule has 1 aliphatic carbocycles. The standard InChI is InChI=1S/C12H23N/c1-10(2)8-9-12(13-3)11-6-4-5-7-11/h11-13H,1,4-9H2,2-3H3. The van der Waals surface area contributed by atoms with Gasteiger partial charge in [-0.3, -0.25) is 0 Å². The zero-order chi connectivity index (χ0) is 9.68. The van der Waals surface area contributed by atoms with Crippen LogP contribution in [0.25, 0.3) is 0 Å². The van der Waals surface area contributed by atoms with E-state index in [1.807, 2.05) is 0 Å². The summed E-state index contributed by atoms with van der Waals surface area (Å²) in [6.45, 7) is 6.09. The summed E-state index contributed by atoms with van der Waals surface area (Å²) < 4.78 is 0. The Kier molecular flexibility index (Phi) is 4.51. The molecule has 0 aromatic heterocycles. The molecule has 1 saturated carbocycles. The van der Waals surface area contributed by atoms with Gasteiger partial charge in [0.15, 0.2) is 0 Å². The first-order valence-corrected chi connectivity index (χ1v) is 5.55. The first kappa shape index (κ1) is 10.8. The third kappa shape index (κ3) is 3.51. The Morgan fingerprint density at radius 1 is 1.46 bits per heavy atom. The van der Waals surface area contributed by atoms with Crippen LogP contribution in [0.3, 0.4) is 0 Å². The Morgan fingerprint density at radius 3 is 2.54 bits per heavy atom. The third-order valence-corrected chi connectivity index (χ3v) is 3.22. The van der Waals surface area contributed by atoms with Crippen LogP contribution in [0.4, 0.5) is 0 Å². The SMILES string of the molecule is C=C(C)CCC(NC)C1CCCC1. The van der Waals surface area contributed by atoms with Gasteiger partial charge in [-0.2, -0.15) is 0 Å². The predicted molar refractivity (Wildman–Crippen MR) is 58.9 cm³/mol. The second kappa shape index (κ2) is 5.43. The Morgan fingerprint density at radius 2 is 2.08 bits per heavy atom. The summed E-state index contributed by atoms with van der Waals surface area (Å²) >= 11 is 0. The summed E-state index contributed by atoms with van der Waals surface area (Å²) in [4.78, 5) is 0. The van der Waals surface area contributed by atoms with E-state index in [2.05, 4.69) is 25.9 Å². The van der Waals surface area contributed by atoms with Crippen LogP contribution in [0.2, 0.25) is 0 Å². The predicted octanol–water partition coefficient (Wildman–Crippen LogP) is 3.12. The van der Waals surface area contributed by atoms with Gasteiger partial charge < -0.3 is 5.32 Å². The molecule has 1 nitrogen and oxygen atoms in total. The first-order valence-electron chi connectivity index (χ1n) is 5.55. The maximum Gasteiger partial charge on any atom is 0.00953 e. The molecule has 0 saturated heterocycles. The lowest BCUT2D eigenvalue weighted by molar-refractivity contribution is 0.360. The molecule has 1 rings (SSSR count). The van der Waals surface area contributed by atoms with E-state index in [1.54, 1.807) is 0 Å². The lowest BCUT2D eigenvalue weighted by Gasteiger charge is -2.22. The summed E-state index contributed by atoms with van der Waals surface area (Å²) in [6, 6.07) is 0.735. The second-order valence-electron chi connectivity index (χ2n) is 4.44. The number of nitrogens with one attached hydrogen (secondary N) is 1. The molecule has 0 bridgehead atoms. The lowest BCUT2D eigenvalue weighted by Crippen LogP contribution is -2.32. The van der Waals surface area contributed by atoms with E-state index in [9.17, 15) is 0 Å². The molecule has 1 fully saturated rings. The largest absolute Gasteiger partial charge is 0.317 e. The van der Waals surface area contributed by atoms with Crippen molar-refractivity contribution >= 4 is 0 Å². The zero-order valence-corrected chi connectivity index (χ0v) is 9.10. The molecular formula is C12H23N. The fraction of sp³-hybridized carbons (Fsp3) is 0.833. The van der Waals surface area contributed by atoms with Crippen molar-refractivity contribution in [1.29, 1.82) is 0 Å². The molecular weight excluding hydrogens is 158 g/mol. The Bertz CT molecular complexity index is 157. The van der Waals surface area contributed by atoms with Crippen LogP contribution in [0.5, 0.6) is 0 Å². The molecule has 0 radical (unpaired) electrons.